The molecule has 3 aromatic carbocycles. The Morgan fingerprint density at radius 2 is 0.967 bits per heavy atom. The van der Waals surface area contributed by atoms with Crippen LogP contribution in [0.15, 0.2) is 91.4 Å². The van der Waals surface area contributed by atoms with Gasteiger partial charge >= 0.3 is 39.6 Å². The summed E-state index contributed by atoms with van der Waals surface area (Å²) in [7, 11) is 6.17. The second kappa shape index (κ2) is 32.5. The molecule has 90 heavy (non-hydrogen) atoms. The molecule has 28 heteroatoms. The maximum atomic E-state index is 13.4. The molecule has 4 aromatic heterocycles. The molecule has 0 saturated carbocycles. The fourth-order valence-corrected chi connectivity index (χ4v) is 11.8. The number of thiazole rings is 1. The summed E-state index contributed by atoms with van der Waals surface area (Å²) in [5.41, 5.74) is 10.0. The van der Waals surface area contributed by atoms with Crippen molar-refractivity contribution < 1.29 is 53.6 Å². The molecule has 10 rings (SSSR count). The fraction of sp³-hybridized carbons (Fsp3) is 0.387. The summed E-state index contributed by atoms with van der Waals surface area (Å²) in [5.74, 6) is 1.65. The fourth-order valence-electron chi connectivity index (χ4n) is 10.5. The van der Waals surface area contributed by atoms with Gasteiger partial charge in [-0.15, -0.1) is 0 Å². The van der Waals surface area contributed by atoms with E-state index in [1.165, 1.54) is 83.3 Å². The van der Waals surface area contributed by atoms with E-state index < -0.39 is 10.6 Å². The molecule has 3 aliphatic rings. The number of aliphatic hydroxyl groups is 1. The van der Waals surface area contributed by atoms with Crippen LogP contribution in [0.25, 0.3) is 22.0 Å². The predicted molar refractivity (Wildman–Crippen MR) is 355 cm³/mol. The number of rotatable bonds is 14. The maximum absolute atomic E-state index is 13.4. The molecule has 3 aliphatic heterocycles. The van der Waals surface area contributed by atoms with E-state index in [1.807, 2.05) is 77.0 Å². The topological polar surface area (TPSA) is 241 Å². The van der Waals surface area contributed by atoms with E-state index in [0.717, 1.165) is 12.7 Å². The molecule has 20 nitrogen and oxygen atoms in total. The molecule has 0 saturated heterocycles. The van der Waals surface area contributed by atoms with Crippen LogP contribution in [0, 0.1) is 17.5 Å². The zero-order chi connectivity index (χ0) is 66.6. The Morgan fingerprint density at radius 1 is 0.589 bits per heavy atom. The molecule has 0 bridgehead atoms. The van der Waals surface area contributed by atoms with Gasteiger partial charge in [0, 0.05) is 63.1 Å². The first kappa shape index (κ1) is 72.3. The summed E-state index contributed by atoms with van der Waals surface area (Å²) in [5, 5.41) is 7.38. The standard InChI is InChI=1S/C21H23FN6OS.C20H22BrFN4O2.C20H23FN4O2.CH4O.2BrH.Cu/c1-5-14-20(29)27(4)15-10-24-18(26-19(15)28(14)11(2)3)17-16(25-21(23)30-17)12-6-8-13(22)9-7-12;1-5-14-20(28)25(4)15-10-23-18(24-19(15)26(14)11(2)3)16(21)17(27)12-6-8-13(22)9-7-12;1-5-15-20(27)24(4)16-11-22-18(23-19(16)25(15)12(2)3)10-17(26)13-6-8-14(21)9-7-13;1-2;;;/h6-11,14H,5H2,1-4H3,(H2,23,25);6-11,14,16H,5H2,1-4H3;6-9,11-12,15H,5,10H2,1-4H3;2H,1H3;2*1H;/q;;;;;;+2/p-2/t14-;14-,16?;15-;;;;/m111..../s1. The van der Waals surface area contributed by atoms with Gasteiger partial charge in [0.25, 0.3) is 0 Å². The Morgan fingerprint density at radius 3 is 1.39 bits per heavy atom. The second-order valence-electron chi connectivity index (χ2n) is 21.4. The number of hydrogen-bond donors (Lipinski definition) is 2. The van der Waals surface area contributed by atoms with Crippen molar-refractivity contribution in [3.8, 4) is 22.0 Å². The third-order valence-corrected chi connectivity index (χ3v) is 16.6. The van der Waals surface area contributed by atoms with Crippen molar-refractivity contribution in [3.05, 3.63) is 132 Å². The average molecular weight is 1500 g/mol. The Bertz CT molecular complexity index is 3650. The third-order valence-electron chi connectivity index (χ3n) is 14.9. The molecule has 485 valence electrons. The van der Waals surface area contributed by atoms with Crippen LogP contribution in [0.5, 0.6) is 0 Å². The number of likely N-dealkylation sites (N-methyl/N-ethyl adjacent to an activating group) is 3. The number of carbonyl (C=O) groups excluding carboxylic acids is 5. The summed E-state index contributed by atoms with van der Waals surface area (Å²) in [4.78, 5) is 106. The molecule has 3 amide bonds. The van der Waals surface area contributed by atoms with Crippen LogP contribution in [0.1, 0.15) is 119 Å². The van der Waals surface area contributed by atoms with Gasteiger partial charge in [0.2, 0.25) is 17.7 Å². The monoisotopic (exact) mass is 1500 g/mol. The number of ketones is 2. The van der Waals surface area contributed by atoms with E-state index in [1.54, 1.807) is 66.6 Å². The number of nitrogens with two attached hydrogens (primary N) is 1. The number of alkyl halides is 1. The average Bonchev–Trinajstić information content (AvgIpc) is 0.886. The summed E-state index contributed by atoms with van der Waals surface area (Å²) in [6.45, 7) is 18.0. The molecule has 0 radical (unpaired) electrons. The van der Waals surface area contributed by atoms with Gasteiger partial charge < -0.3 is 40.2 Å². The van der Waals surface area contributed by atoms with Crippen molar-refractivity contribution in [1.29, 1.82) is 0 Å². The number of aromatic nitrogens is 7. The predicted octanol–water partition coefficient (Wildman–Crippen LogP) is 12.2. The number of amides is 3. The Hall–Kier alpha value is -6.81. The van der Waals surface area contributed by atoms with Gasteiger partial charge in [-0.2, -0.15) is 0 Å². The number of nitrogens with zero attached hydrogens (tertiary/aromatic N) is 13. The van der Waals surface area contributed by atoms with Crippen LogP contribution in [-0.4, -0.2) is 134 Å². The molecular weight excluding hydrogens is 1430 g/mol. The van der Waals surface area contributed by atoms with Crippen molar-refractivity contribution in [2.24, 2.45) is 0 Å². The van der Waals surface area contributed by atoms with Gasteiger partial charge in [0.1, 0.15) is 68.2 Å². The Kier molecular flexibility index (Phi) is 26.1. The molecule has 1 unspecified atom stereocenters. The molecule has 0 fully saturated rings. The number of anilines is 7. The molecule has 4 atom stereocenters. The summed E-state index contributed by atoms with van der Waals surface area (Å²) in [6, 6.07) is 16.2. The summed E-state index contributed by atoms with van der Waals surface area (Å²) in [6.07, 6.45) is 6.83. The minimum atomic E-state index is -0.778. The third kappa shape index (κ3) is 16.1. The van der Waals surface area contributed by atoms with Gasteiger partial charge in [-0.1, -0.05) is 48.0 Å². The first-order valence-electron chi connectivity index (χ1n) is 28.6. The SMILES string of the molecule is CC[C@@H]1C(=O)N(C)c2cnc(-c3sc(N)nc3-c3ccc(F)cc3)nc2N1C(C)C.CC[C@@H]1C(=O)N(C)c2cnc(C(Br)C(=O)c3ccc(F)cc3)nc2N1C(C)C.CC[C@@H]1C(=O)N(C)c2cnc(CC(=O)c3ccc(F)cc3)nc2N1C(C)C.CO.[Br][Cu][Br]. The molecule has 7 heterocycles. The minimum absolute atomic E-state index is 0.00201. The van der Waals surface area contributed by atoms with Gasteiger partial charge in [0.15, 0.2) is 45.8 Å². The van der Waals surface area contributed by atoms with Crippen LogP contribution < -0.4 is 35.1 Å². The van der Waals surface area contributed by atoms with Gasteiger partial charge in [-0.25, -0.2) is 48.1 Å². The summed E-state index contributed by atoms with van der Waals surface area (Å²) >= 11 is 12.0. The van der Waals surface area contributed by atoms with E-state index in [-0.39, 0.29) is 83.6 Å². The van der Waals surface area contributed by atoms with Crippen molar-refractivity contribution in [2.75, 3.05) is 63.4 Å². The molecular formula is C62H72Br3CuF3N14O6S. The molecule has 0 aliphatic carbocycles. The Balaban J connectivity index is 0.000000207. The van der Waals surface area contributed by atoms with Crippen LogP contribution in [-0.2, 0) is 32.1 Å². The number of nitrogen functional groups attached to an aromatic ring is 1. The van der Waals surface area contributed by atoms with E-state index in [4.69, 9.17) is 15.8 Å². The van der Waals surface area contributed by atoms with Crippen molar-refractivity contribution in [2.45, 2.75) is 129 Å². The van der Waals surface area contributed by atoms with Crippen molar-refractivity contribution in [3.63, 3.8) is 0 Å². The quantitative estimate of drug-likeness (QED) is 0.0584. The van der Waals surface area contributed by atoms with Crippen LogP contribution in [0.3, 0.4) is 0 Å². The number of halogens is 6. The van der Waals surface area contributed by atoms with Crippen molar-refractivity contribution in [1.82, 2.24) is 34.9 Å². The number of benzene rings is 3. The summed E-state index contributed by atoms with van der Waals surface area (Å²) < 4.78 is 39.6. The molecule has 3 N–H and O–H groups in total. The van der Waals surface area contributed by atoms with Crippen LogP contribution in [0.2, 0.25) is 0 Å². The Labute approximate surface area is 555 Å². The normalized spacial score (nSPS) is 16.3. The molecule has 7 aromatic rings. The zero-order valence-electron chi connectivity index (χ0n) is 51.9. The molecule has 0 spiro atoms. The zero-order valence-corrected chi connectivity index (χ0v) is 58.4. The van der Waals surface area contributed by atoms with E-state index in [9.17, 15) is 37.1 Å². The van der Waals surface area contributed by atoms with E-state index in [0.29, 0.717) is 98.1 Å². The van der Waals surface area contributed by atoms with Crippen molar-refractivity contribution >= 4 is 124 Å². The number of Topliss-reactive ketones (excluding diaryl/α,β-unsaturated/α-hetero) is 2. The van der Waals surface area contributed by atoms with Crippen LogP contribution >= 0.6 is 55.5 Å². The first-order chi connectivity index (χ1) is 42.8. The number of fused-ring (bicyclic) bond motifs is 3. The van der Waals surface area contributed by atoms with Gasteiger partial charge in [0.05, 0.1) is 30.7 Å². The van der Waals surface area contributed by atoms with Gasteiger partial charge in [-0.05, 0) is 134 Å². The number of hydrogen-bond acceptors (Lipinski definition) is 18. The second-order valence-corrected chi connectivity index (χ2v) is 28.1. The van der Waals surface area contributed by atoms with E-state index in [2.05, 4.69) is 74.1 Å². The first-order valence-corrected chi connectivity index (χ1v) is 35.0. The van der Waals surface area contributed by atoms with Crippen LogP contribution in [0.4, 0.5) is 52.8 Å². The number of aliphatic hydroxyl groups excluding tert-OH is 1. The van der Waals surface area contributed by atoms with E-state index >= 15 is 0 Å². The van der Waals surface area contributed by atoms with Gasteiger partial charge in [-0.3, -0.25) is 24.0 Å². The number of carbonyl (C=O) groups is 5.